The number of hydrogen-bond acceptors (Lipinski definition) is 4. The molecule has 2 aromatic heterocycles. The predicted octanol–water partition coefficient (Wildman–Crippen LogP) is 1.22. The molecule has 2 unspecified atom stereocenters. The van der Waals surface area contributed by atoms with Gasteiger partial charge in [-0.2, -0.15) is 5.10 Å². The van der Waals surface area contributed by atoms with Crippen molar-refractivity contribution < 1.29 is 4.79 Å². The number of nitrogens with zero attached hydrogens (tertiary/aromatic N) is 3. The fraction of sp³-hybridized carbons (Fsp3) is 0.533. The van der Waals surface area contributed by atoms with Gasteiger partial charge in [0.2, 0.25) is 0 Å². The smallest absolute Gasteiger partial charge is 0.257 e. The van der Waals surface area contributed by atoms with E-state index in [9.17, 15) is 4.79 Å². The Morgan fingerprint density at radius 3 is 3.05 bits per heavy atom. The molecule has 1 aliphatic heterocycles. The number of aromatic nitrogens is 3. The molecule has 0 bridgehead atoms. The fourth-order valence-corrected chi connectivity index (χ4v) is 2.92. The molecule has 0 spiro atoms. The number of fused-ring (bicyclic) bond motifs is 1. The molecule has 0 radical (unpaired) electrons. The molecule has 1 amide bonds. The molecule has 2 atom stereocenters. The first-order valence-corrected chi connectivity index (χ1v) is 7.42. The van der Waals surface area contributed by atoms with E-state index in [1.165, 1.54) is 0 Å². The molecule has 6 heteroatoms. The zero-order valence-corrected chi connectivity index (χ0v) is 12.7. The quantitative estimate of drug-likeness (QED) is 0.871. The normalized spacial score (nSPS) is 22.4. The summed E-state index contributed by atoms with van der Waals surface area (Å²) in [7, 11) is 0. The number of hydrogen-bond donors (Lipinski definition) is 2. The topological polar surface area (TPSA) is 71.3 Å². The molecule has 3 heterocycles. The van der Waals surface area contributed by atoms with E-state index >= 15 is 0 Å². The van der Waals surface area contributed by atoms with Crippen LogP contribution in [0.5, 0.6) is 0 Å². The van der Waals surface area contributed by atoms with Crippen LogP contribution >= 0.6 is 0 Å². The second-order valence-corrected chi connectivity index (χ2v) is 5.80. The number of nitrogens with one attached hydrogen (secondary N) is 2. The standard InChI is InChI=1S/C15H21N5O/c1-9-7-10(2)20-14(18-9)12(8-17-20)15(21)19-13-5-4-6-16-11(13)3/h7-8,11,13,16H,4-6H2,1-3H3,(H,19,21). The van der Waals surface area contributed by atoms with Gasteiger partial charge in [-0.1, -0.05) is 0 Å². The van der Waals surface area contributed by atoms with Crippen molar-refractivity contribution in [3.8, 4) is 0 Å². The Hall–Kier alpha value is -1.95. The van der Waals surface area contributed by atoms with E-state index in [-0.39, 0.29) is 11.9 Å². The third-order valence-corrected chi connectivity index (χ3v) is 4.10. The molecule has 0 aromatic carbocycles. The van der Waals surface area contributed by atoms with Crippen molar-refractivity contribution in [2.24, 2.45) is 0 Å². The van der Waals surface area contributed by atoms with E-state index in [1.54, 1.807) is 10.7 Å². The lowest BCUT2D eigenvalue weighted by molar-refractivity contribution is 0.0921. The van der Waals surface area contributed by atoms with Crippen LogP contribution in [0, 0.1) is 13.8 Å². The van der Waals surface area contributed by atoms with Crippen molar-refractivity contribution in [2.45, 2.75) is 45.7 Å². The van der Waals surface area contributed by atoms with Crippen LogP contribution in [-0.4, -0.2) is 39.1 Å². The van der Waals surface area contributed by atoms with E-state index in [4.69, 9.17) is 0 Å². The molecule has 1 aliphatic rings. The summed E-state index contributed by atoms with van der Waals surface area (Å²) in [4.78, 5) is 17.0. The zero-order valence-electron chi connectivity index (χ0n) is 12.7. The molecular formula is C15H21N5O. The lowest BCUT2D eigenvalue weighted by atomic mass is 9.99. The van der Waals surface area contributed by atoms with Crippen molar-refractivity contribution in [2.75, 3.05) is 6.54 Å². The van der Waals surface area contributed by atoms with Gasteiger partial charge in [0, 0.05) is 23.5 Å². The van der Waals surface area contributed by atoms with Gasteiger partial charge in [0.15, 0.2) is 5.65 Å². The maximum absolute atomic E-state index is 12.5. The average molecular weight is 287 g/mol. The summed E-state index contributed by atoms with van der Waals surface area (Å²) < 4.78 is 1.71. The maximum atomic E-state index is 12.5. The Balaban J connectivity index is 1.88. The first kappa shape index (κ1) is 14.0. The van der Waals surface area contributed by atoms with Crippen LogP contribution in [0.4, 0.5) is 0 Å². The van der Waals surface area contributed by atoms with Crippen molar-refractivity contribution in [1.29, 1.82) is 0 Å². The molecule has 3 rings (SSSR count). The minimum absolute atomic E-state index is 0.0944. The van der Waals surface area contributed by atoms with Gasteiger partial charge in [0.25, 0.3) is 5.91 Å². The van der Waals surface area contributed by atoms with Gasteiger partial charge in [-0.15, -0.1) is 0 Å². The molecule has 0 saturated carbocycles. The van der Waals surface area contributed by atoms with Crippen LogP contribution in [0.2, 0.25) is 0 Å². The highest BCUT2D eigenvalue weighted by atomic mass is 16.1. The highest BCUT2D eigenvalue weighted by Crippen LogP contribution is 2.14. The van der Waals surface area contributed by atoms with Crippen LogP contribution in [0.3, 0.4) is 0 Å². The molecular weight excluding hydrogens is 266 g/mol. The Bertz CT molecular complexity index is 678. The van der Waals surface area contributed by atoms with E-state index in [2.05, 4.69) is 27.6 Å². The van der Waals surface area contributed by atoms with Gasteiger partial charge in [0.05, 0.1) is 6.20 Å². The number of carbonyl (C=O) groups is 1. The number of amides is 1. The Kier molecular flexibility index (Phi) is 3.63. The summed E-state index contributed by atoms with van der Waals surface area (Å²) in [5.74, 6) is -0.0944. The van der Waals surface area contributed by atoms with Gasteiger partial charge in [-0.25, -0.2) is 9.50 Å². The Morgan fingerprint density at radius 1 is 1.48 bits per heavy atom. The largest absolute Gasteiger partial charge is 0.348 e. The Labute approximate surface area is 123 Å². The zero-order chi connectivity index (χ0) is 15.0. The summed E-state index contributed by atoms with van der Waals surface area (Å²) in [6.45, 7) is 7.01. The van der Waals surface area contributed by atoms with Gasteiger partial charge >= 0.3 is 0 Å². The van der Waals surface area contributed by atoms with Crippen LogP contribution in [-0.2, 0) is 0 Å². The van der Waals surface area contributed by atoms with E-state index < -0.39 is 0 Å². The highest BCUT2D eigenvalue weighted by molar-refractivity contribution is 5.99. The summed E-state index contributed by atoms with van der Waals surface area (Å²) in [5, 5.41) is 10.8. The van der Waals surface area contributed by atoms with Gasteiger partial charge in [0.1, 0.15) is 5.56 Å². The molecule has 1 fully saturated rings. The third-order valence-electron chi connectivity index (χ3n) is 4.10. The molecule has 21 heavy (non-hydrogen) atoms. The third kappa shape index (κ3) is 2.63. The molecule has 2 N–H and O–H groups in total. The minimum atomic E-state index is -0.0944. The van der Waals surface area contributed by atoms with Crippen LogP contribution in [0.25, 0.3) is 5.65 Å². The number of aryl methyl sites for hydroxylation is 2. The van der Waals surface area contributed by atoms with Crippen LogP contribution < -0.4 is 10.6 Å². The first-order chi connectivity index (χ1) is 10.1. The van der Waals surface area contributed by atoms with Gasteiger partial charge < -0.3 is 10.6 Å². The van der Waals surface area contributed by atoms with Gasteiger partial charge in [-0.3, -0.25) is 4.79 Å². The second-order valence-electron chi connectivity index (χ2n) is 5.80. The lowest BCUT2D eigenvalue weighted by Gasteiger charge is -2.30. The monoisotopic (exact) mass is 287 g/mol. The molecule has 112 valence electrons. The molecule has 1 saturated heterocycles. The SMILES string of the molecule is Cc1cc(C)n2ncc(C(=O)NC3CCCNC3C)c2n1. The summed E-state index contributed by atoms with van der Waals surface area (Å²) >= 11 is 0. The van der Waals surface area contributed by atoms with Gasteiger partial charge in [-0.05, 0) is 46.2 Å². The predicted molar refractivity (Wildman–Crippen MR) is 80.4 cm³/mol. The van der Waals surface area contributed by atoms with Crippen molar-refractivity contribution in [1.82, 2.24) is 25.2 Å². The van der Waals surface area contributed by atoms with Crippen LogP contribution in [0.1, 0.15) is 41.5 Å². The molecule has 0 aliphatic carbocycles. The average Bonchev–Trinajstić information content (AvgIpc) is 2.85. The minimum Gasteiger partial charge on any atom is -0.348 e. The molecule has 2 aromatic rings. The fourth-order valence-electron chi connectivity index (χ4n) is 2.92. The summed E-state index contributed by atoms with van der Waals surface area (Å²) in [6.07, 6.45) is 3.69. The number of carbonyl (C=O) groups excluding carboxylic acids is 1. The van der Waals surface area contributed by atoms with Crippen molar-refractivity contribution >= 4 is 11.6 Å². The summed E-state index contributed by atoms with van der Waals surface area (Å²) in [6, 6.07) is 2.41. The first-order valence-electron chi connectivity index (χ1n) is 7.42. The van der Waals surface area contributed by atoms with E-state index in [1.807, 2.05) is 19.9 Å². The summed E-state index contributed by atoms with van der Waals surface area (Å²) in [5.41, 5.74) is 3.03. The number of piperidine rings is 1. The lowest BCUT2D eigenvalue weighted by Crippen LogP contribution is -2.51. The van der Waals surface area contributed by atoms with Crippen molar-refractivity contribution in [3.05, 3.63) is 29.2 Å². The Morgan fingerprint density at radius 2 is 2.29 bits per heavy atom. The molecule has 6 nitrogen and oxygen atoms in total. The second kappa shape index (κ2) is 5.44. The number of rotatable bonds is 2. The van der Waals surface area contributed by atoms with Crippen LogP contribution in [0.15, 0.2) is 12.3 Å². The highest BCUT2D eigenvalue weighted by Gasteiger charge is 2.24. The van der Waals surface area contributed by atoms with E-state index in [0.29, 0.717) is 17.3 Å². The van der Waals surface area contributed by atoms with E-state index in [0.717, 1.165) is 30.8 Å². The van der Waals surface area contributed by atoms with Crippen molar-refractivity contribution in [3.63, 3.8) is 0 Å². The maximum Gasteiger partial charge on any atom is 0.257 e.